The Morgan fingerprint density at radius 2 is 2.00 bits per heavy atom. The molecule has 0 heterocycles. The molecule has 172 valence electrons. The summed E-state index contributed by atoms with van der Waals surface area (Å²) in [6.45, 7) is 1.45. The highest BCUT2D eigenvalue weighted by Crippen LogP contribution is 2.33. The van der Waals surface area contributed by atoms with E-state index in [1.54, 1.807) is 12.2 Å². The molecule has 1 rings (SSSR count). The number of ether oxygens (including phenoxy) is 1. The van der Waals surface area contributed by atoms with Crippen molar-refractivity contribution in [1.82, 2.24) is 0 Å². The number of aliphatic hydroxyl groups is 4. The van der Waals surface area contributed by atoms with Crippen LogP contribution < -0.4 is 0 Å². The molecular formula is C23H38O7. The predicted molar refractivity (Wildman–Crippen MR) is 114 cm³/mol. The monoisotopic (exact) mass is 426 g/mol. The van der Waals surface area contributed by atoms with Crippen molar-refractivity contribution in [3.8, 4) is 0 Å². The van der Waals surface area contributed by atoms with Crippen LogP contribution in [0.5, 0.6) is 0 Å². The number of Topliss-reactive ketones (excluding diaryl/α,β-unsaturated/α-hetero) is 1. The minimum atomic E-state index is -1.05. The smallest absolute Gasteiger partial charge is 0.305 e. The first-order valence-corrected chi connectivity index (χ1v) is 11.1. The van der Waals surface area contributed by atoms with Crippen LogP contribution in [0.25, 0.3) is 0 Å². The van der Waals surface area contributed by atoms with Gasteiger partial charge in [0.25, 0.3) is 0 Å². The minimum Gasteiger partial charge on any atom is -0.463 e. The molecule has 0 spiro atoms. The third kappa shape index (κ3) is 10.5. The van der Waals surface area contributed by atoms with Gasteiger partial charge in [-0.2, -0.15) is 0 Å². The lowest BCUT2D eigenvalue weighted by molar-refractivity contribution is -0.147. The fourth-order valence-corrected chi connectivity index (χ4v) is 3.52. The molecular weight excluding hydrogens is 388 g/mol. The maximum absolute atomic E-state index is 12.2. The standard InChI is InChI=1S/C23H38O7/c1-2-3-6-9-17(25)12-13-20-19(21(27)14-22(20)28)10-7-4-5-8-11-23(29)30-16-18(26)15-24/h4,7,12-13,17-21,24-27H,2-3,5-6,8-11,14-16H2,1H3/b7-4-,13-12+/t17?,18?,19-,20-,21?/m1/s1. The Labute approximate surface area is 179 Å². The lowest BCUT2D eigenvalue weighted by atomic mass is 9.90. The van der Waals surface area contributed by atoms with E-state index >= 15 is 0 Å². The number of carbonyl (C=O) groups is 2. The second-order valence-corrected chi connectivity index (χ2v) is 7.99. The molecule has 0 bridgehead atoms. The molecule has 0 aromatic carbocycles. The van der Waals surface area contributed by atoms with Gasteiger partial charge in [0.2, 0.25) is 0 Å². The Kier molecular flexibility index (Phi) is 13.5. The molecule has 0 radical (unpaired) electrons. The SMILES string of the molecule is CCCCCC(O)/C=C/[C@H]1C(=O)CC(O)[C@@H]1C/C=C\CCCC(=O)OCC(O)CO. The topological polar surface area (TPSA) is 124 Å². The third-order valence-electron chi connectivity index (χ3n) is 5.36. The van der Waals surface area contributed by atoms with Crippen molar-refractivity contribution >= 4 is 11.8 Å². The minimum absolute atomic E-state index is 0.00530. The molecule has 7 heteroatoms. The van der Waals surface area contributed by atoms with E-state index in [4.69, 9.17) is 14.9 Å². The fourth-order valence-electron chi connectivity index (χ4n) is 3.52. The van der Waals surface area contributed by atoms with Gasteiger partial charge in [0.05, 0.1) is 18.8 Å². The lowest BCUT2D eigenvalue weighted by Crippen LogP contribution is -2.21. The number of unbranched alkanes of at least 4 members (excludes halogenated alkanes) is 3. The summed E-state index contributed by atoms with van der Waals surface area (Å²) in [6, 6.07) is 0. The number of ketones is 1. The van der Waals surface area contributed by atoms with Gasteiger partial charge in [-0.25, -0.2) is 0 Å². The molecule has 0 saturated heterocycles. The molecule has 0 aromatic heterocycles. The van der Waals surface area contributed by atoms with Gasteiger partial charge in [-0.05, 0) is 25.7 Å². The van der Waals surface area contributed by atoms with Crippen LogP contribution >= 0.6 is 0 Å². The highest BCUT2D eigenvalue weighted by atomic mass is 16.5. The molecule has 3 unspecified atom stereocenters. The number of carbonyl (C=O) groups excluding carboxylic acids is 2. The summed E-state index contributed by atoms with van der Waals surface area (Å²) in [6.07, 6.45) is 11.0. The van der Waals surface area contributed by atoms with Crippen molar-refractivity contribution < 1.29 is 34.8 Å². The Morgan fingerprint density at radius 1 is 1.23 bits per heavy atom. The van der Waals surface area contributed by atoms with Gasteiger partial charge in [0.15, 0.2) is 0 Å². The molecule has 5 atom stereocenters. The first-order chi connectivity index (χ1) is 14.4. The number of allylic oxidation sites excluding steroid dienone is 3. The van der Waals surface area contributed by atoms with E-state index in [2.05, 4.69) is 6.92 Å². The second kappa shape index (κ2) is 15.3. The van der Waals surface area contributed by atoms with Crippen LogP contribution in [0.2, 0.25) is 0 Å². The molecule has 1 saturated carbocycles. The van der Waals surface area contributed by atoms with Crippen LogP contribution in [-0.2, 0) is 14.3 Å². The zero-order chi connectivity index (χ0) is 22.4. The van der Waals surface area contributed by atoms with E-state index in [0.717, 1.165) is 19.3 Å². The van der Waals surface area contributed by atoms with Crippen LogP contribution in [0.1, 0.15) is 64.7 Å². The largest absolute Gasteiger partial charge is 0.463 e. The Morgan fingerprint density at radius 3 is 2.70 bits per heavy atom. The van der Waals surface area contributed by atoms with Crippen molar-refractivity contribution in [2.75, 3.05) is 13.2 Å². The van der Waals surface area contributed by atoms with Crippen molar-refractivity contribution in [2.24, 2.45) is 11.8 Å². The van der Waals surface area contributed by atoms with Crippen molar-refractivity contribution in [3.63, 3.8) is 0 Å². The van der Waals surface area contributed by atoms with Crippen LogP contribution in [0.3, 0.4) is 0 Å². The molecule has 0 aliphatic heterocycles. The zero-order valence-electron chi connectivity index (χ0n) is 18.0. The quantitative estimate of drug-likeness (QED) is 0.179. The summed E-state index contributed by atoms with van der Waals surface area (Å²) in [4.78, 5) is 23.7. The Balaban J connectivity index is 2.37. The number of esters is 1. The van der Waals surface area contributed by atoms with Gasteiger partial charge in [-0.1, -0.05) is 50.5 Å². The van der Waals surface area contributed by atoms with E-state index in [9.17, 15) is 19.8 Å². The third-order valence-corrected chi connectivity index (χ3v) is 5.36. The molecule has 30 heavy (non-hydrogen) atoms. The Bertz CT molecular complexity index is 558. The second-order valence-electron chi connectivity index (χ2n) is 7.99. The summed E-state index contributed by atoms with van der Waals surface area (Å²) in [7, 11) is 0. The molecule has 4 N–H and O–H groups in total. The summed E-state index contributed by atoms with van der Waals surface area (Å²) < 4.78 is 4.83. The van der Waals surface area contributed by atoms with Gasteiger partial charge in [0.1, 0.15) is 18.5 Å². The van der Waals surface area contributed by atoms with Gasteiger partial charge in [0, 0.05) is 24.7 Å². The normalized spacial score (nSPS) is 24.0. The molecule has 1 aliphatic rings. The average molecular weight is 427 g/mol. The van der Waals surface area contributed by atoms with Crippen LogP contribution in [0.4, 0.5) is 0 Å². The first-order valence-electron chi connectivity index (χ1n) is 11.1. The highest BCUT2D eigenvalue weighted by molar-refractivity contribution is 5.86. The highest BCUT2D eigenvalue weighted by Gasteiger charge is 2.39. The number of hydrogen-bond acceptors (Lipinski definition) is 7. The molecule has 1 aliphatic carbocycles. The lowest BCUT2D eigenvalue weighted by Gasteiger charge is -2.17. The maximum Gasteiger partial charge on any atom is 0.305 e. The molecule has 0 amide bonds. The molecule has 7 nitrogen and oxygen atoms in total. The first kappa shape index (κ1) is 26.5. The summed E-state index contributed by atoms with van der Waals surface area (Å²) in [5.74, 6) is -0.989. The van der Waals surface area contributed by atoms with Gasteiger partial charge < -0.3 is 25.2 Å². The maximum atomic E-state index is 12.2. The van der Waals surface area contributed by atoms with Crippen LogP contribution in [0.15, 0.2) is 24.3 Å². The van der Waals surface area contributed by atoms with Crippen molar-refractivity contribution in [3.05, 3.63) is 24.3 Å². The number of hydrogen-bond donors (Lipinski definition) is 4. The summed E-state index contributed by atoms with van der Waals surface area (Å²) >= 11 is 0. The van der Waals surface area contributed by atoms with E-state index < -0.39 is 30.9 Å². The van der Waals surface area contributed by atoms with E-state index in [1.807, 2.05) is 12.2 Å². The predicted octanol–water partition coefficient (Wildman–Crippen LogP) is 2.06. The summed E-state index contributed by atoms with van der Waals surface area (Å²) in [5.41, 5.74) is 0. The van der Waals surface area contributed by atoms with Crippen molar-refractivity contribution in [1.29, 1.82) is 0 Å². The molecule has 1 fully saturated rings. The fraction of sp³-hybridized carbons (Fsp3) is 0.739. The van der Waals surface area contributed by atoms with E-state index in [1.165, 1.54) is 0 Å². The number of aliphatic hydroxyl groups excluding tert-OH is 4. The zero-order valence-corrected chi connectivity index (χ0v) is 18.0. The Hall–Kier alpha value is -1.54. The molecule has 0 aromatic rings. The van der Waals surface area contributed by atoms with E-state index in [0.29, 0.717) is 25.7 Å². The number of rotatable bonds is 15. The van der Waals surface area contributed by atoms with Crippen molar-refractivity contribution in [2.45, 2.75) is 83.0 Å². The van der Waals surface area contributed by atoms with Gasteiger partial charge in [-0.15, -0.1) is 0 Å². The van der Waals surface area contributed by atoms with E-state index in [-0.39, 0.29) is 37.1 Å². The van der Waals surface area contributed by atoms with Crippen LogP contribution in [0, 0.1) is 11.8 Å². The van der Waals surface area contributed by atoms with Gasteiger partial charge in [-0.3, -0.25) is 9.59 Å². The van der Waals surface area contributed by atoms with Crippen LogP contribution in [-0.4, -0.2) is 63.7 Å². The van der Waals surface area contributed by atoms with Gasteiger partial charge >= 0.3 is 5.97 Å². The average Bonchev–Trinajstić information content (AvgIpc) is 2.99. The summed E-state index contributed by atoms with van der Waals surface area (Å²) in [5, 5.41) is 38.0.